The Balaban J connectivity index is 1.33. The van der Waals surface area contributed by atoms with Crippen LogP contribution in [-0.2, 0) is 37.0 Å². The first-order valence-corrected chi connectivity index (χ1v) is 9.49. The van der Waals surface area contributed by atoms with E-state index in [-0.39, 0.29) is 11.9 Å². The lowest BCUT2D eigenvalue weighted by molar-refractivity contribution is -0.121. The summed E-state index contributed by atoms with van der Waals surface area (Å²) >= 11 is 0. The average molecular weight is 364 g/mol. The van der Waals surface area contributed by atoms with E-state index >= 15 is 0 Å². The van der Waals surface area contributed by atoms with Crippen LogP contribution in [-0.4, -0.2) is 36.7 Å². The third kappa shape index (κ3) is 4.42. The van der Waals surface area contributed by atoms with Crippen LogP contribution in [0.25, 0.3) is 0 Å². The summed E-state index contributed by atoms with van der Waals surface area (Å²) in [5.41, 5.74) is 2.15. The zero-order valence-electron chi connectivity index (χ0n) is 15.3. The molecule has 140 valence electrons. The van der Waals surface area contributed by atoms with Gasteiger partial charge in [-0.25, -0.2) is 4.98 Å². The smallest absolute Gasteiger partial charge is 0.226 e. The fraction of sp³-hybridized carbons (Fsp3) is 0.400. The Kier molecular flexibility index (Phi) is 5.27. The molecular weight excluding hydrogens is 340 g/mol. The number of aryl methyl sites for hydroxylation is 3. The molecule has 1 aliphatic rings. The number of carbonyl (C=O) groups excluding carboxylic acids is 1. The second-order valence-corrected chi connectivity index (χ2v) is 7.02. The largest absolute Gasteiger partial charge is 0.353 e. The van der Waals surface area contributed by atoms with Crippen LogP contribution in [0.3, 0.4) is 0 Å². The molecule has 1 amide bonds. The minimum Gasteiger partial charge on any atom is -0.353 e. The maximum atomic E-state index is 12.2. The Hall–Kier alpha value is -2.96. The van der Waals surface area contributed by atoms with Crippen molar-refractivity contribution in [2.45, 2.75) is 51.1 Å². The van der Waals surface area contributed by atoms with Gasteiger partial charge in [-0.1, -0.05) is 30.3 Å². The molecule has 0 spiro atoms. The van der Waals surface area contributed by atoms with E-state index in [0.717, 1.165) is 56.0 Å². The molecule has 3 aromatic rings. The van der Waals surface area contributed by atoms with Gasteiger partial charge in [0.25, 0.3) is 0 Å². The SMILES string of the molecule is O=C(Cc1cnc[nH]1)NC1CCc2nnc(CCc3ccccc3)n2CC1. The fourth-order valence-corrected chi connectivity index (χ4v) is 3.61. The lowest BCUT2D eigenvalue weighted by atomic mass is 10.1. The number of amides is 1. The van der Waals surface area contributed by atoms with Gasteiger partial charge in [0.05, 0.1) is 12.7 Å². The summed E-state index contributed by atoms with van der Waals surface area (Å²) in [6, 6.07) is 10.6. The van der Waals surface area contributed by atoms with E-state index in [4.69, 9.17) is 0 Å². The number of imidazole rings is 1. The molecule has 0 fully saturated rings. The van der Waals surface area contributed by atoms with Crippen LogP contribution in [0.4, 0.5) is 0 Å². The van der Waals surface area contributed by atoms with E-state index in [2.05, 4.69) is 54.3 Å². The van der Waals surface area contributed by atoms with Crippen LogP contribution in [0, 0.1) is 0 Å². The highest BCUT2D eigenvalue weighted by Gasteiger charge is 2.21. The molecule has 1 aromatic carbocycles. The van der Waals surface area contributed by atoms with E-state index in [1.54, 1.807) is 12.5 Å². The molecule has 2 N–H and O–H groups in total. The number of carbonyl (C=O) groups is 1. The van der Waals surface area contributed by atoms with Gasteiger partial charge in [-0.3, -0.25) is 4.79 Å². The van der Waals surface area contributed by atoms with Gasteiger partial charge in [-0.15, -0.1) is 10.2 Å². The highest BCUT2D eigenvalue weighted by Crippen LogP contribution is 2.17. The van der Waals surface area contributed by atoms with E-state index in [9.17, 15) is 4.79 Å². The number of benzene rings is 1. The van der Waals surface area contributed by atoms with Crippen LogP contribution in [0.1, 0.15) is 35.7 Å². The van der Waals surface area contributed by atoms with Gasteiger partial charge in [-0.2, -0.15) is 0 Å². The van der Waals surface area contributed by atoms with Gasteiger partial charge >= 0.3 is 0 Å². The molecule has 0 saturated carbocycles. The number of hydrogen-bond donors (Lipinski definition) is 2. The average Bonchev–Trinajstić information content (AvgIpc) is 3.28. The molecule has 27 heavy (non-hydrogen) atoms. The van der Waals surface area contributed by atoms with E-state index in [1.165, 1.54) is 5.56 Å². The maximum absolute atomic E-state index is 12.2. The number of H-pyrrole nitrogens is 1. The second kappa shape index (κ2) is 8.16. The minimum absolute atomic E-state index is 0.0335. The third-order valence-corrected chi connectivity index (χ3v) is 5.07. The van der Waals surface area contributed by atoms with Crippen molar-refractivity contribution in [1.29, 1.82) is 0 Å². The van der Waals surface area contributed by atoms with Crippen molar-refractivity contribution in [3.05, 3.63) is 65.8 Å². The molecule has 1 atom stereocenters. The number of aromatic nitrogens is 5. The van der Waals surface area contributed by atoms with Gasteiger partial charge in [0.15, 0.2) is 0 Å². The summed E-state index contributed by atoms with van der Waals surface area (Å²) in [4.78, 5) is 19.2. The number of fused-ring (bicyclic) bond motifs is 1. The molecule has 0 bridgehead atoms. The monoisotopic (exact) mass is 364 g/mol. The lowest BCUT2D eigenvalue weighted by Crippen LogP contribution is -2.36. The number of nitrogens with zero attached hydrogens (tertiary/aromatic N) is 4. The minimum atomic E-state index is 0.0335. The first-order chi connectivity index (χ1) is 13.3. The van der Waals surface area contributed by atoms with E-state index < -0.39 is 0 Å². The van der Waals surface area contributed by atoms with Crippen molar-refractivity contribution in [3.63, 3.8) is 0 Å². The van der Waals surface area contributed by atoms with Crippen LogP contribution in [0.2, 0.25) is 0 Å². The summed E-state index contributed by atoms with van der Waals surface area (Å²) in [5.74, 6) is 2.10. The first kappa shape index (κ1) is 17.5. The molecular formula is C20H24N6O. The van der Waals surface area contributed by atoms with Crippen molar-refractivity contribution < 1.29 is 4.79 Å². The molecule has 0 saturated heterocycles. The summed E-state index contributed by atoms with van der Waals surface area (Å²) in [6.45, 7) is 0.849. The number of nitrogens with one attached hydrogen (secondary N) is 2. The second-order valence-electron chi connectivity index (χ2n) is 7.02. The molecule has 1 unspecified atom stereocenters. The van der Waals surface area contributed by atoms with Gasteiger partial charge < -0.3 is 14.9 Å². The Morgan fingerprint density at radius 3 is 2.89 bits per heavy atom. The zero-order valence-corrected chi connectivity index (χ0v) is 15.3. The van der Waals surface area contributed by atoms with Crippen LogP contribution in [0.15, 0.2) is 42.9 Å². The first-order valence-electron chi connectivity index (χ1n) is 9.49. The van der Waals surface area contributed by atoms with Crippen molar-refractivity contribution in [2.24, 2.45) is 0 Å². The highest BCUT2D eigenvalue weighted by molar-refractivity contribution is 5.78. The van der Waals surface area contributed by atoms with Gasteiger partial charge in [0.1, 0.15) is 11.6 Å². The summed E-state index contributed by atoms with van der Waals surface area (Å²) < 4.78 is 2.24. The molecule has 3 heterocycles. The summed E-state index contributed by atoms with van der Waals surface area (Å²) in [6.07, 6.45) is 8.10. The van der Waals surface area contributed by atoms with Crippen LogP contribution in [0.5, 0.6) is 0 Å². The predicted octanol–water partition coefficient (Wildman–Crippen LogP) is 1.85. The molecule has 0 aliphatic carbocycles. The Bertz CT molecular complexity index is 871. The fourth-order valence-electron chi connectivity index (χ4n) is 3.61. The Morgan fingerprint density at radius 1 is 1.19 bits per heavy atom. The molecule has 0 radical (unpaired) electrons. The Labute approximate surface area is 158 Å². The van der Waals surface area contributed by atoms with Crippen molar-refractivity contribution in [1.82, 2.24) is 30.0 Å². The number of aromatic amines is 1. The molecule has 1 aliphatic heterocycles. The lowest BCUT2D eigenvalue weighted by Gasteiger charge is -2.16. The predicted molar refractivity (Wildman–Crippen MR) is 101 cm³/mol. The highest BCUT2D eigenvalue weighted by atomic mass is 16.1. The summed E-state index contributed by atoms with van der Waals surface area (Å²) in [5, 5.41) is 11.9. The Morgan fingerprint density at radius 2 is 2.07 bits per heavy atom. The molecule has 7 nitrogen and oxygen atoms in total. The molecule has 2 aromatic heterocycles. The third-order valence-electron chi connectivity index (χ3n) is 5.07. The van der Waals surface area contributed by atoms with Gasteiger partial charge in [-0.05, 0) is 24.8 Å². The number of rotatable bonds is 6. The number of hydrogen-bond acceptors (Lipinski definition) is 4. The normalized spacial score (nSPS) is 16.5. The van der Waals surface area contributed by atoms with E-state index in [0.29, 0.717) is 6.42 Å². The van der Waals surface area contributed by atoms with Crippen molar-refractivity contribution in [3.8, 4) is 0 Å². The zero-order chi connectivity index (χ0) is 18.5. The van der Waals surface area contributed by atoms with Gasteiger partial charge in [0.2, 0.25) is 5.91 Å². The van der Waals surface area contributed by atoms with E-state index in [1.807, 2.05) is 6.07 Å². The van der Waals surface area contributed by atoms with Gasteiger partial charge in [0, 0.05) is 37.3 Å². The standard InChI is InChI=1S/C20H24N6O/c27-20(12-17-13-21-14-22-17)23-16-7-9-19-25-24-18(26(19)11-10-16)8-6-15-4-2-1-3-5-15/h1-5,13-14,16H,6-12H2,(H,21,22)(H,23,27). The van der Waals surface area contributed by atoms with Crippen molar-refractivity contribution >= 4 is 5.91 Å². The topological polar surface area (TPSA) is 88.5 Å². The quantitative estimate of drug-likeness (QED) is 0.699. The summed E-state index contributed by atoms with van der Waals surface area (Å²) in [7, 11) is 0. The van der Waals surface area contributed by atoms with Crippen molar-refractivity contribution in [2.75, 3.05) is 0 Å². The maximum Gasteiger partial charge on any atom is 0.226 e. The van der Waals surface area contributed by atoms with Crippen LogP contribution >= 0.6 is 0 Å². The molecule has 4 rings (SSSR count). The molecule has 7 heteroatoms. The van der Waals surface area contributed by atoms with Crippen LogP contribution < -0.4 is 5.32 Å².